The zero-order valence-corrected chi connectivity index (χ0v) is 9.17. The lowest BCUT2D eigenvalue weighted by molar-refractivity contribution is -0.120. The molecule has 1 spiro atoms. The topological polar surface area (TPSA) is 29.1 Å². The zero-order chi connectivity index (χ0) is 9.53. The fourth-order valence-corrected chi connectivity index (χ4v) is 4.12. The van der Waals surface area contributed by atoms with Crippen LogP contribution in [0.3, 0.4) is 0 Å². The van der Waals surface area contributed by atoms with E-state index < -0.39 is 0 Å². The van der Waals surface area contributed by atoms with Crippen molar-refractivity contribution in [1.82, 2.24) is 5.32 Å². The molecule has 0 bridgehead atoms. The Bertz CT molecular complexity index is 239. The van der Waals surface area contributed by atoms with E-state index in [0.29, 0.717) is 5.41 Å². The minimum atomic E-state index is 0.243. The number of hydrogen-bond acceptors (Lipinski definition) is 2. The molecule has 1 N–H and O–H groups in total. The van der Waals surface area contributed by atoms with Crippen molar-refractivity contribution in [2.45, 2.75) is 26.7 Å². The summed E-state index contributed by atoms with van der Waals surface area (Å²) in [6, 6.07) is 0. The molecule has 0 aromatic carbocycles. The van der Waals surface area contributed by atoms with E-state index in [1.807, 2.05) is 11.8 Å². The summed E-state index contributed by atoms with van der Waals surface area (Å²) >= 11 is 2.00. The second kappa shape index (κ2) is 2.91. The number of nitrogens with one attached hydrogen (secondary N) is 1. The van der Waals surface area contributed by atoms with Crippen LogP contribution in [0.1, 0.15) is 26.7 Å². The second-order valence-electron chi connectivity index (χ2n) is 4.92. The van der Waals surface area contributed by atoms with Crippen molar-refractivity contribution in [3.63, 3.8) is 0 Å². The maximum absolute atomic E-state index is 11.3. The average molecular weight is 199 g/mol. The lowest BCUT2D eigenvalue weighted by Crippen LogP contribution is -2.44. The summed E-state index contributed by atoms with van der Waals surface area (Å²) in [5, 5.41) is 2.98. The van der Waals surface area contributed by atoms with Gasteiger partial charge < -0.3 is 5.32 Å². The quantitative estimate of drug-likeness (QED) is 0.643. The molecule has 0 saturated carbocycles. The molecule has 0 radical (unpaired) electrons. The van der Waals surface area contributed by atoms with Gasteiger partial charge in [0.05, 0.1) is 0 Å². The molecule has 2 saturated heterocycles. The Kier molecular flexibility index (Phi) is 2.10. The van der Waals surface area contributed by atoms with Crippen LogP contribution in [-0.2, 0) is 4.79 Å². The molecule has 3 heteroatoms. The predicted molar refractivity (Wildman–Crippen MR) is 55.8 cm³/mol. The van der Waals surface area contributed by atoms with Gasteiger partial charge in [-0.3, -0.25) is 4.79 Å². The van der Waals surface area contributed by atoms with Crippen molar-refractivity contribution in [3.8, 4) is 0 Å². The fourth-order valence-electron chi connectivity index (χ4n) is 2.34. The summed E-state index contributed by atoms with van der Waals surface area (Å²) < 4.78 is 0. The Balaban J connectivity index is 2.23. The normalized spacial score (nSPS) is 37.8. The van der Waals surface area contributed by atoms with Gasteiger partial charge in [-0.15, -0.1) is 0 Å². The van der Waals surface area contributed by atoms with E-state index in [1.165, 1.54) is 12.2 Å². The summed E-state index contributed by atoms with van der Waals surface area (Å²) in [5.41, 5.74) is 0.574. The summed E-state index contributed by atoms with van der Waals surface area (Å²) in [4.78, 5) is 11.3. The molecule has 1 amide bonds. The smallest absolute Gasteiger partial charge is 0.220 e. The van der Waals surface area contributed by atoms with Gasteiger partial charge in [0.25, 0.3) is 0 Å². The molecular formula is C10H17NOS. The maximum Gasteiger partial charge on any atom is 0.220 e. The van der Waals surface area contributed by atoms with Crippen LogP contribution in [0.2, 0.25) is 0 Å². The van der Waals surface area contributed by atoms with Crippen LogP contribution in [0, 0.1) is 10.8 Å². The van der Waals surface area contributed by atoms with Gasteiger partial charge in [0.1, 0.15) is 0 Å². The summed E-state index contributed by atoms with van der Waals surface area (Å²) in [6.07, 6.45) is 1.99. The number of hydrogen-bond donors (Lipinski definition) is 1. The van der Waals surface area contributed by atoms with Crippen LogP contribution in [0.4, 0.5) is 0 Å². The van der Waals surface area contributed by atoms with Gasteiger partial charge >= 0.3 is 0 Å². The second-order valence-corrected chi connectivity index (χ2v) is 6.03. The van der Waals surface area contributed by atoms with Crippen LogP contribution >= 0.6 is 11.8 Å². The van der Waals surface area contributed by atoms with Crippen molar-refractivity contribution >= 4 is 17.7 Å². The van der Waals surface area contributed by atoms with E-state index in [-0.39, 0.29) is 11.3 Å². The summed E-state index contributed by atoms with van der Waals surface area (Å²) in [7, 11) is 0. The third-order valence-corrected chi connectivity index (χ3v) is 5.06. The molecule has 2 heterocycles. The molecule has 2 aliphatic rings. The van der Waals surface area contributed by atoms with Crippen molar-refractivity contribution in [2.24, 2.45) is 10.8 Å². The van der Waals surface area contributed by atoms with Crippen LogP contribution in [0.25, 0.3) is 0 Å². The monoisotopic (exact) mass is 199 g/mol. The predicted octanol–water partition coefficient (Wildman–Crippen LogP) is 1.66. The molecule has 2 fully saturated rings. The van der Waals surface area contributed by atoms with E-state index >= 15 is 0 Å². The highest BCUT2D eigenvalue weighted by Crippen LogP contribution is 2.52. The number of amides is 1. The maximum atomic E-state index is 11.3. The average Bonchev–Trinajstić information content (AvgIpc) is 2.41. The third-order valence-electron chi connectivity index (χ3n) is 3.81. The fraction of sp³-hybridized carbons (Fsp3) is 0.900. The van der Waals surface area contributed by atoms with Gasteiger partial charge in [-0.05, 0) is 17.6 Å². The molecule has 0 aromatic rings. The Hall–Kier alpha value is -0.180. The Labute approximate surface area is 83.8 Å². The molecule has 1 unspecified atom stereocenters. The standard InChI is InChI=1S/C10H17NOS/c1-9(2)3-4-13-7-10(9)5-8(12)11-6-10/h3-7H2,1-2H3,(H,11,12). The van der Waals surface area contributed by atoms with E-state index in [4.69, 9.17) is 0 Å². The van der Waals surface area contributed by atoms with E-state index in [2.05, 4.69) is 19.2 Å². The largest absolute Gasteiger partial charge is 0.355 e. The van der Waals surface area contributed by atoms with Crippen LogP contribution in [-0.4, -0.2) is 24.0 Å². The molecule has 2 aliphatic heterocycles. The molecular weight excluding hydrogens is 182 g/mol. The van der Waals surface area contributed by atoms with Crippen molar-refractivity contribution in [3.05, 3.63) is 0 Å². The minimum Gasteiger partial charge on any atom is -0.355 e. The van der Waals surface area contributed by atoms with Gasteiger partial charge in [0, 0.05) is 24.1 Å². The molecule has 13 heavy (non-hydrogen) atoms. The van der Waals surface area contributed by atoms with Gasteiger partial charge in [-0.1, -0.05) is 13.8 Å². The lowest BCUT2D eigenvalue weighted by atomic mass is 9.64. The third kappa shape index (κ3) is 1.37. The highest BCUT2D eigenvalue weighted by molar-refractivity contribution is 7.99. The first kappa shape index (κ1) is 9.38. The van der Waals surface area contributed by atoms with Crippen molar-refractivity contribution in [2.75, 3.05) is 18.1 Å². The molecule has 1 atom stereocenters. The van der Waals surface area contributed by atoms with Crippen LogP contribution in [0.15, 0.2) is 0 Å². The summed E-state index contributed by atoms with van der Waals surface area (Å²) in [5.74, 6) is 2.65. The molecule has 0 aliphatic carbocycles. The molecule has 74 valence electrons. The Morgan fingerprint density at radius 2 is 2.23 bits per heavy atom. The van der Waals surface area contributed by atoms with Gasteiger partial charge in [-0.2, -0.15) is 11.8 Å². The lowest BCUT2D eigenvalue weighted by Gasteiger charge is -2.46. The van der Waals surface area contributed by atoms with Crippen molar-refractivity contribution in [1.29, 1.82) is 0 Å². The molecule has 0 aromatic heterocycles. The number of carbonyl (C=O) groups is 1. The zero-order valence-electron chi connectivity index (χ0n) is 8.35. The highest BCUT2D eigenvalue weighted by atomic mass is 32.2. The Morgan fingerprint density at radius 1 is 1.46 bits per heavy atom. The SMILES string of the molecule is CC1(C)CCSCC12CNC(=O)C2. The Morgan fingerprint density at radius 3 is 2.77 bits per heavy atom. The minimum absolute atomic E-state index is 0.243. The van der Waals surface area contributed by atoms with Crippen molar-refractivity contribution < 1.29 is 4.79 Å². The first-order chi connectivity index (χ1) is 6.06. The first-order valence-electron chi connectivity index (χ1n) is 4.90. The molecule has 2 rings (SSSR count). The van der Waals surface area contributed by atoms with Gasteiger partial charge in [0.15, 0.2) is 0 Å². The van der Waals surface area contributed by atoms with E-state index in [0.717, 1.165) is 18.7 Å². The molecule has 2 nitrogen and oxygen atoms in total. The van der Waals surface area contributed by atoms with Gasteiger partial charge in [-0.25, -0.2) is 0 Å². The van der Waals surface area contributed by atoms with Crippen LogP contribution < -0.4 is 5.32 Å². The number of carbonyl (C=O) groups excluding carboxylic acids is 1. The number of rotatable bonds is 0. The van der Waals surface area contributed by atoms with Crippen LogP contribution in [0.5, 0.6) is 0 Å². The van der Waals surface area contributed by atoms with Gasteiger partial charge in [0.2, 0.25) is 5.91 Å². The highest BCUT2D eigenvalue weighted by Gasteiger charge is 2.50. The summed E-state index contributed by atoms with van der Waals surface area (Å²) in [6.45, 7) is 5.52. The first-order valence-corrected chi connectivity index (χ1v) is 6.06. The van der Waals surface area contributed by atoms with E-state index in [1.54, 1.807) is 0 Å². The van der Waals surface area contributed by atoms with E-state index in [9.17, 15) is 4.79 Å². The number of thioether (sulfide) groups is 1.